The van der Waals surface area contributed by atoms with Crippen LogP contribution in [0, 0.1) is 13.8 Å². The zero-order valence-corrected chi connectivity index (χ0v) is 17.3. The van der Waals surface area contributed by atoms with Crippen LogP contribution in [0.4, 0.5) is 11.4 Å². The fraction of sp³-hybridized carbons (Fsp3) is 0.318. The van der Waals surface area contributed by atoms with Gasteiger partial charge in [-0.05, 0) is 43.5 Å². The third kappa shape index (κ3) is 4.62. The van der Waals surface area contributed by atoms with Crippen molar-refractivity contribution in [1.82, 2.24) is 4.90 Å². The quantitative estimate of drug-likeness (QED) is 0.773. The van der Waals surface area contributed by atoms with E-state index in [1.807, 2.05) is 69.3 Å². The molecule has 0 unspecified atom stereocenters. The molecule has 0 saturated carbocycles. The SMILES string of the molecule is CCCN1C(=O)[C@H](CC(=O)Nc2ccccc2C)SC1=Nc1ccccc1C. The Balaban J connectivity index is 1.75. The fourth-order valence-electron chi connectivity index (χ4n) is 3.03. The lowest BCUT2D eigenvalue weighted by molar-refractivity contribution is -0.128. The molecule has 1 saturated heterocycles. The second-order valence-corrected chi connectivity index (χ2v) is 8.01. The molecule has 1 heterocycles. The van der Waals surface area contributed by atoms with Crippen LogP contribution < -0.4 is 5.32 Å². The Morgan fingerprint density at radius 2 is 1.79 bits per heavy atom. The monoisotopic (exact) mass is 395 g/mol. The molecule has 0 radical (unpaired) electrons. The van der Waals surface area contributed by atoms with Gasteiger partial charge < -0.3 is 5.32 Å². The van der Waals surface area contributed by atoms with Gasteiger partial charge in [0.1, 0.15) is 5.25 Å². The zero-order chi connectivity index (χ0) is 20.1. The molecule has 0 aromatic heterocycles. The molecule has 28 heavy (non-hydrogen) atoms. The molecule has 2 aromatic rings. The number of carbonyl (C=O) groups is 2. The number of nitrogens with zero attached hydrogens (tertiary/aromatic N) is 2. The van der Waals surface area contributed by atoms with Crippen LogP contribution >= 0.6 is 11.8 Å². The minimum atomic E-state index is -0.446. The Morgan fingerprint density at radius 3 is 2.46 bits per heavy atom. The van der Waals surface area contributed by atoms with Gasteiger partial charge in [-0.25, -0.2) is 4.99 Å². The number of amidine groups is 1. The number of benzene rings is 2. The summed E-state index contributed by atoms with van der Waals surface area (Å²) in [6, 6.07) is 15.5. The maximum Gasteiger partial charge on any atom is 0.242 e. The summed E-state index contributed by atoms with van der Waals surface area (Å²) in [4.78, 5) is 31.8. The largest absolute Gasteiger partial charge is 0.326 e. The van der Waals surface area contributed by atoms with E-state index in [1.54, 1.807) is 4.90 Å². The van der Waals surface area contributed by atoms with E-state index in [0.717, 1.165) is 28.9 Å². The molecule has 1 atom stereocenters. The summed E-state index contributed by atoms with van der Waals surface area (Å²) in [5, 5.41) is 3.15. The first kappa shape index (κ1) is 20.1. The number of thioether (sulfide) groups is 1. The maximum absolute atomic E-state index is 12.9. The Bertz CT molecular complexity index is 910. The predicted molar refractivity (Wildman–Crippen MR) is 116 cm³/mol. The minimum Gasteiger partial charge on any atom is -0.326 e. The number of para-hydroxylation sites is 2. The summed E-state index contributed by atoms with van der Waals surface area (Å²) in [5.41, 5.74) is 3.68. The number of carbonyl (C=O) groups excluding carboxylic acids is 2. The van der Waals surface area contributed by atoms with Crippen LogP contribution in [0.1, 0.15) is 30.9 Å². The molecule has 2 amide bonds. The van der Waals surface area contributed by atoms with Gasteiger partial charge in [-0.2, -0.15) is 0 Å². The van der Waals surface area contributed by atoms with Crippen LogP contribution in [0.3, 0.4) is 0 Å². The summed E-state index contributed by atoms with van der Waals surface area (Å²) in [6.45, 7) is 6.58. The summed E-state index contributed by atoms with van der Waals surface area (Å²) in [5.74, 6) is -0.201. The molecule has 0 spiro atoms. The molecular formula is C22H25N3O2S. The van der Waals surface area contributed by atoms with Gasteiger partial charge in [0.2, 0.25) is 11.8 Å². The van der Waals surface area contributed by atoms with Gasteiger partial charge in [0.15, 0.2) is 5.17 Å². The second-order valence-electron chi connectivity index (χ2n) is 6.84. The van der Waals surface area contributed by atoms with Crippen LogP contribution in [0.25, 0.3) is 0 Å². The van der Waals surface area contributed by atoms with Crippen molar-refractivity contribution in [3.05, 3.63) is 59.7 Å². The standard InChI is InChI=1S/C22H25N3O2S/c1-4-13-25-21(27)19(14-20(26)23-17-11-7-5-9-15(17)2)28-22(25)24-18-12-8-6-10-16(18)3/h5-12,19H,4,13-14H2,1-3H3,(H,23,26)/t19-/m0/s1. The number of aryl methyl sites for hydroxylation is 2. The van der Waals surface area contributed by atoms with Crippen LogP contribution in [-0.4, -0.2) is 33.7 Å². The third-order valence-corrected chi connectivity index (χ3v) is 5.76. The number of nitrogens with one attached hydrogen (secondary N) is 1. The summed E-state index contributed by atoms with van der Waals surface area (Å²) in [7, 11) is 0. The van der Waals surface area contributed by atoms with Crippen LogP contribution in [-0.2, 0) is 9.59 Å². The van der Waals surface area contributed by atoms with E-state index in [4.69, 9.17) is 4.99 Å². The Labute approximate surface area is 170 Å². The smallest absolute Gasteiger partial charge is 0.242 e. The first-order valence-electron chi connectivity index (χ1n) is 9.47. The molecule has 1 aliphatic heterocycles. The highest BCUT2D eigenvalue weighted by Gasteiger charge is 2.38. The fourth-order valence-corrected chi connectivity index (χ4v) is 4.21. The van der Waals surface area contributed by atoms with Gasteiger partial charge in [-0.1, -0.05) is 55.1 Å². The van der Waals surface area contributed by atoms with Crippen molar-refractivity contribution >= 4 is 40.1 Å². The van der Waals surface area contributed by atoms with E-state index < -0.39 is 5.25 Å². The van der Waals surface area contributed by atoms with Crippen molar-refractivity contribution in [1.29, 1.82) is 0 Å². The molecule has 0 bridgehead atoms. The average molecular weight is 396 g/mol. The van der Waals surface area contributed by atoms with Gasteiger partial charge in [-0.15, -0.1) is 0 Å². The van der Waals surface area contributed by atoms with E-state index >= 15 is 0 Å². The molecule has 6 heteroatoms. The summed E-state index contributed by atoms with van der Waals surface area (Å²) < 4.78 is 0. The van der Waals surface area contributed by atoms with E-state index in [2.05, 4.69) is 5.32 Å². The van der Waals surface area contributed by atoms with Crippen molar-refractivity contribution in [3.8, 4) is 0 Å². The highest BCUT2D eigenvalue weighted by Crippen LogP contribution is 2.32. The lowest BCUT2D eigenvalue weighted by Gasteiger charge is -2.15. The van der Waals surface area contributed by atoms with E-state index in [1.165, 1.54) is 11.8 Å². The molecule has 1 fully saturated rings. The van der Waals surface area contributed by atoms with E-state index in [9.17, 15) is 9.59 Å². The number of hydrogen-bond acceptors (Lipinski definition) is 4. The molecule has 0 aliphatic carbocycles. The van der Waals surface area contributed by atoms with Gasteiger partial charge >= 0.3 is 0 Å². The maximum atomic E-state index is 12.9. The van der Waals surface area contributed by atoms with Gasteiger partial charge in [0.25, 0.3) is 0 Å². The molecule has 3 rings (SSSR count). The lowest BCUT2D eigenvalue weighted by Crippen LogP contribution is -2.34. The molecule has 2 aromatic carbocycles. The first-order chi connectivity index (χ1) is 13.5. The summed E-state index contributed by atoms with van der Waals surface area (Å²) >= 11 is 1.38. The van der Waals surface area contributed by atoms with Crippen molar-refractivity contribution in [3.63, 3.8) is 0 Å². The van der Waals surface area contributed by atoms with E-state index in [0.29, 0.717) is 11.7 Å². The minimum absolute atomic E-state index is 0.0425. The molecule has 146 valence electrons. The molecule has 1 N–H and O–H groups in total. The Morgan fingerprint density at radius 1 is 1.11 bits per heavy atom. The number of rotatable bonds is 6. The van der Waals surface area contributed by atoms with Crippen molar-refractivity contribution in [2.45, 2.75) is 38.9 Å². The normalized spacial score (nSPS) is 18.0. The van der Waals surface area contributed by atoms with Crippen molar-refractivity contribution in [2.24, 2.45) is 4.99 Å². The number of anilines is 1. The Hall–Kier alpha value is -2.60. The van der Waals surface area contributed by atoms with Crippen molar-refractivity contribution < 1.29 is 9.59 Å². The van der Waals surface area contributed by atoms with Crippen LogP contribution in [0.5, 0.6) is 0 Å². The van der Waals surface area contributed by atoms with Crippen LogP contribution in [0.2, 0.25) is 0 Å². The molecule has 5 nitrogen and oxygen atoms in total. The zero-order valence-electron chi connectivity index (χ0n) is 16.4. The first-order valence-corrected chi connectivity index (χ1v) is 10.4. The van der Waals surface area contributed by atoms with E-state index in [-0.39, 0.29) is 18.2 Å². The third-order valence-electron chi connectivity index (χ3n) is 4.59. The van der Waals surface area contributed by atoms with Crippen molar-refractivity contribution in [2.75, 3.05) is 11.9 Å². The van der Waals surface area contributed by atoms with Crippen LogP contribution in [0.15, 0.2) is 53.5 Å². The lowest BCUT2D eigenvalue weighted by atomic mass is 10.2. The summed E-state index contributed by atoms with van der Waals surface area (Å²) in [6.07, 6.45) is 0.964. The topological polar surface area (TPSA) is 61.8 Å². The molecule has 1 aliphatic rings. The molecular weight excluding hydrogens is 370 g/mol. The number of amides is 2. The Kier molecular flexibility index (Phi) is 6.52. The predicted octanol–water partition coefficient (Wildman–Crippen LogP) is 4.67. The number of hydrogen-bond donors (Lipinski definition) is 1. The highest BCUT2D eigenvalue weighted by atomic mass is 32.2. The highest BCUT2D eigenvalue weighted by molar-refractivity contribution is 8.15. The second kappa shape index (κ2) is 9.06. The van der Waals surface area contributed by atoms with Gasteiger partial charge in [0.05, 0.1) is 5.69 Å². The number of aliphatic imine (C=N–C) groups is 1. The average Bonchev–Trinajstić information content (AvgIpc) is 2.94. The van der Waals surface area contributed by atoms with Gasteiger partial charge in [-0.3, -0.25) is 14.5 Å². The van der Waals surface area contributed by atoms with Gasteiger partial charge in [0, 0.05) is 18.7 Å².